The molecule has 4 rings (SSSR count). The number of carboxylic acid groups (broad SMARTS) is 1. The third-order valence-corrected chi connectivity index (χ3v) is 5.81. The monoisotopic (exact) mass is 437 g/mol. The number of H-pyrrole nitrogens is 1. The van der Waals surface area contributed by atoms with Gasteiger partial charge >= 0.3 is 17.2 Å². The fourth-order valence-electron chi connectivity index (χ4n) is 3.71. The number of carbonyl (C=O) groups excluding carboxylic acids is 1. The maximum absolute atomic E-state index is 13.1. The number of nitrogens with one attached hydrogen (secondary N) is 1. The molecule has 1 amide bonds. The van der Waals surface area contributed by atoms with Crippen molar-refractivity contribution >= 4 is 29.3 Å². The quantitative estimate of drug-likeness (QED) is 0.470. The van der Waals surface area contributed by atoms with Crippen molar-refractivity contribution in [3.05, 3.63) is 70.0 Å². The van der Waals surface area contributed by atoms with Crippen LogP contribution in [-0.2, 0) is 4.79 Å². The summed E-state index contributed by atoms with van der Waals surface area (Å²) in [5.74, 6) is -0.454. The molecule has 3 aromatic rings. The Hall–Kier alpha value is -3.46. The summed E-state index contributed by atoms with van der Waals surface area (Å²) >= 11 is 1.39. The average molecular weight is 438 g/mol. The molecule has 1 atom stereocenters. The fraction of sp³-hybridized carbons (Fsp3) is 0.227. The molecule has 0 saturated heterocycles. The summed E-state index contributed by atoms with van der Waals surface area (Å²) in [4.78, 5) is 41.9. The molecular formula is C22H21N4O4S+. The molecule has 158 valence electrons. The van der Waals surface area contributed by atoms with E-state index in [1.54, 1.807) is 40.8 Å². The van der Waals surface area contributed by atoms with Crippen LogP contribution in [0.1, 0.15) is 42.4 Å². The number of aromatic carboxylic acids is 1. The Kier molecular flexibility index (Phi) is 5.60. The Morgan fingerprint density at radius 3 is 2.52 bits per heavy atom. The summed E-state index contributed by atoms with van der Waals surface area (Å²) in [5, 5.41) is 14.4. The lowest BCUT2D eigenvalue weighted by Crippen LogP contribution is -2.60. The highest BCUT2D eigenvalue weighted by atomic mass is 32.2. The first-order chi connectivity index (χ1) is 15.0. The molecule has 0 fully saturated rings. The van der Waals surface area contributed by atoms with Crippen LogP contribution in [0.2, 0.25) is 0 Å². The smallest absolute Gasteiger partial charge is 0.335 e. The Morgan fingerprint density at radius 1 is 1.16 bits per heavy atom. The van der Waals surface area contributed by atoms with Gasteiger partial charge in [0.15, 0.2) is 0 Å². The molecule has 2 N–H and O–H groups in total. The van der Waals surface area contributed by atoms with Gasteiger partial charge in [0.25, 0.3) is 6.17 Å². The molecule has 31 heavy (non-hydrogen) atoms. The number of amides is 1. The van der Waals surface area contributed by atoms with Crippen LogP contribution in [0.5, 0.6) is 0 Å². The van der Waals surface area contributed by atoms with Crippen molar-refractivity contribution in [2.75, 3.05) is 10.7 Å². The summed E-state index contributed by atoms with van der Waals surface area (Å²) < 4.78 is 1.57. The number of carboxylic acids is 1. The summed E-state index contributed by atoms with van der Waals surface area (Å²) in [5.41, 5.74) is 2.07. The highest BCUT2D eigenvalue weighted by molar-refractivity contribution is 7.99. The number of thioether (sulfide) groups is 1. The third-order valence-electron chi connectivity index (χ3n) is 5.07. The zero-order chi connectivity index (χ0) is 22.1. The third kappa shape index (κ3) is 3.61. The fourth-order valence-corrected chi connectivity index (χ4v) is 4.30. The minimum absolute atomic E-state index is 0.135. The minimum atomic E-state index is -1.04. The Balaban J connectivity index is 2.02. The molecule has 0 unspecified atom stereocenters. The van der Waals surface area contributed by atoms with Gasteiger partial charge in [-0.25, -0.2) is 9.69 Å². The molecule has 2 heterocycles. The average Bonchev–Trinajstić information content (AvgIpc) is 2.77. The first kappa shape index (κ1) is 20.8. The number of carbonyl (C=O) groups is 2. The number of nitrogens with zero attached hydrogens (tertiary/aromatic N) is 3. The van der Waals surface area contributed by atoms with Crippen molar-refractivity contribution in [3.8, 4) is 11.3 Å². The first-order valence-corrected chi connectivity index (χ1v) is 10.9. The number of hydrogen-bond donors (Lipinski definition) is 2. The second-order valence-corrected chi connectivity index (χ2v) is 8.17. The van der Waals surface area contributed by atoms with Gasteiger partial charge in [-0.15, -0.1) is 0 Å². The van der Waals surface area contributed by atoms with Crippen LogP contribution in [0.15, 0.2) is 58.5 Å². The second-order valence-electron chi connectivity index (χ2n) is 6.92. The van der Waals surface area contributed by atoms with Crippen LogP contribution in [0.3, 0.4) is 0 Å². The van der Waals surface area contributed by atoms with Gasteiger partial charge in [0.2, 0.25) is 11.1 Å². The summed E-state index contributed by atoms with van der Waals surface area (Å²) in [6.45, 7) is 3.73. The largest absolute Gasteiger partial charge is 0.478 e. The van der Waals surface area contributed by atoms with E-state index in [2.05, 4.69) is 10.1 Å². The lowest BCUT2D eigenvalue weighted by molar-refractivity contribution is -0.763. The predicted molar refractivity (Wildman–Crippen MR) is 116 cm³/mol. The van der Waals surface area contributed by atoms with Gasteiger partial charge in [-0.1, -0.05) is 37.7 Å². The maximum atomic E-state index is 13.1. The van der Waals surface area contributed by atoms with Crippen molar-refractivity contribution in [2.24, 2.45) is 0 Å². The molecule has 1 aliphatic rings. The summed E-state index contributed by atoms with van der Waals surface area (Å²) in [6, 6.07) is 13.5. The lowest BCUT2D eigenvalue weighted by Gasteiger charge is -2.32. The van der Waals surface area contributed by atoms with Crippen LogP contribution in [0.4, 0.5) is 5.69 Å². The van der Waals surface area contributed by atoms with E-state index in [0.717, 1.165) is 0 Å². The van der Waals surface area contributed by atoms with Crippen molar-refractivity contribution in [1.82, 2.24) is 10.1 Å². The predicted octanol–water partition coefficient (Wildman–Crippen LogP) is 2.84. The van der Waals surface area contributed by atoms with Crippen LogP contribution in [0, 0.1) is 0 Å². The second kappa shape index (κ2) is 8.35. The number of aromatic nitrogens is 3. The van der Waals surface area contributed by atoms with Gasteiger partial charge in [0.1, 0.15) is 0 Å². The number of hydrogen-bond acceptors (Lipinski definition) is 5. The van der Waals surface area contributed by atoms with Crippen LogP contribution in [0.25, 0.3) is 11.3 Å². The van der Waals surface area contributed by atoms with E-state index >= 15 is 0 Å². The van der Waals surface area contributed by atoms with E-state index in [0.29, 0.717) is 33.4 Å². The number of fused-ring (bicyclic) bond motifs is 3. The van der Waals surface area contributed by atoms with Gasteiger partial charge in [0, 0.05) is 17.1 Å². The van der Waals surface area contributed by atoms with Crippen molar-refractivity contribution in [3.63, 3.8) is 0 Å². The standard InChI is InChI=1S/C22H20N4O4S/c1-3-17(27)25-16-8-6-5-7-15(16)18-19(28)23-22(31-4-2)24-26(18)20(25)13-9-11-14(12-10-13)21(29)30/h5-12,20H,3-4H2,1-2H3,(H-,23,24,28,29,30)/p+1/t20-/m1/s1. The molecule has 2 aromatic carbocycles. The number of aromatic amines is 1. The first-order valence-electron chi connectivity index (χ1n) is 9.89. The van der Waals surface area contributed by atoms with E-state index in [1.807, 2.05) is 19.1 Å². The van der Waals surface area contributed by atoms with Gasteiger partial charge in [-0.3, -0.25) is 14.6 Å². The van der Waals surface area contributed by atoms with Crippen LogP contribution < -0.4 is 15.1 Å². The topological polar surface area (TPSA) is 107 Å². The van der Waals surface area contributed by atoms with Crippen LogP contribution >= 0.6 is 11.8 Å². The molecule has 0 radical (unpaired) electrons. The Labute approximate surface area is 182 Å². The Bertz CT molecular complexity index is 1220. The van der Waals surface area contributed by atoms with Crippen molar-refractivity contribution < 1.29 is 19.4 Å². The molecule has 0 spiro atoms. The molecule has 0 bridgehead atoms. The van der Waals surface area contributed by atoms with Crippen molar-refractivity contribution in [1.29, 1.82) is 0 Å². The SMILES string of the molecule is CCSc1n[n+]2c(c(=O)[nH]1)-c1ccccc1N(C(=O)CC)[C@H]2c1ccc(C(=O)O)cc1. The Morgan fingerprint density at radius 2 is 1.87 bits per heavy atom. The molecule has 9 heteroatoms. The number of para-hydroxylation sites is 1. The molecular weight excluding hydrogens is 416 g/mol. The van der Waals surface area contributed by atoms with Gasteiger partial charge < -0.3 is 5.11 Å². The molecule has 1 aliphatic heterocycles. The number of anilines is 1. The molecule has 1 aromatic heterocycles. The molecule has 8 nitrogen and oxygen atoms in total. The zero-order valence-corrected chi connectivity index (χ0v) is 17.8. The highest BCUT2D eigenvalue weighted by Crippen LogP contribution is 2.37. The highest BCUT2D eigenvalue weighted by Gasteiger charge is 2.45. The van der Waals surface area contributed by atoms with E-state index in [-0.39, 0.29) is 23.5 Å². The number of benzene rings is 2. The number of rotatable bonds is 5. The van der Waals surface area contributed by atoms with E-state index in [1.165, 1.54) is 23.9 Å². The van der Waals surface area contributed by atoms with Crippen LogP contribution in [-0.4, -0.2) is 32.8 Å². The van der Waals surface area contributed by atoms with E-state index in [4.69, 9.17) is 0 Å². The minimum Gasteiger partial charge on any atom is -0.478 e. The van der Waals surface area contributed by atoms with Gasteiger partial charge in [-0.2, -0.15) is 0 Å². The van der Waals surface area contributed by atoms with Crippen molar-refractivity contribution in [2.45, 2.75) is 31.6 Å². The van der Waals surface area contributed by atoms with E-state index < -0.39 is 12.1 Å². The normalized spacial score (nSPS) is 14.6. The summed E-state index contributed by atoms with van der Waals surface area (Å²) in [7, 11) is 0. The maximum Gasteiger partial charge on any atom is 0.335 e. The summed E-state index contributed by atoms with van der Waals surface area (Å²) in [6.07, 6.45) is -0.466. The van der Waals surface area contributed by atoms with Gasteiger partial charge in [0.05, 0.1) is 16.8 Å². The molecule has 0 saturated carbocycles. The lowest BCUT2D eigenvalue weighted by atomic mass is 10.0. The molecule has 0 aliphatic carbocycles. The zero-order valence-electron chi connectivity index (χ0n) is 17.0. The van der Waals surface area contributed by atoms with Gasteiger partial charge in [-0.05, 0) is 46.8 Å². The van der Waals surface area contributed by atoms with E-state index in [9.17, 15) is 19.5 Å².